The van der Waals surface area contributed by atoms with Crippen molar-refractivity contribution in [2.45, 2.75) is 49.3 Å². The lowest BCUT2D eigenvalue weighted by molar-refractivity contribution is -0.158. The summed E-state index contributed by atoms with van der Waals surface area (Å²) in [7, 11) is -1.69. The zero-order valence-electron chi connectivity index (χ0n) is 17.8. The summed E-state index contributed by atoms with van der Waals surface area (Å²) in [5, 5.41) is 11.4. The van der Waals surface area contributed by atoms with Gasteiger partial charge in [0.05, 0.1) is 6.61 Å². The molecule has 1 aromatic carbocycles. The third kappa shape index (κ3) is 3.19. The van der Waals surface area contributed by atoms with Crippen molar-refractivity contribution in [3.8, 4) is 0 Å². The van der Waals surface area contributed by atoms with E-state index in [2.05, 4.69) is 31.5 Å². The molecule has 2 aromatic rings. The van der Waals surface area contributed by atoms with Crippen LogP contribution in [0.4, 0.5) is 11.6 Å². The van der Waals surface area contributed by atoms with Crippen molar-refractivity contribution in [2.24, 2.45) is 0 Å². The number of rotatable bonds is 4. The van der Waals surface area contributed by atoms with Gasteiger partial charge >= 0.3 is 0 Å². The van der Waals surface area contributed by atoms with Gasteiger partial charge in [-0.05, 0) is 67.8 Å². The number of ether oxygens (including phenoxy) is 1. The van der Waals surface area contributed by atoms with E-state index in [1.54, 1.807) is 0 Å². The molecule has 6 rings (SSSR count). The zero-order chi connectivity index (χ0) is 21.2. The van der Waals surface area contributed by atoms with E-state index in [-0.39, 0.29) is 5.16 Å². The maximum Gasteiger partial charge on any atom is 0.278 e. The molecule has 3 heterocycles. The van der Waals surface area contributed by atoms with E-state index >= 15 is 0 Å². The Hall–Kier alpha value is -2.01. The molecule has 10 heteroatoms. The van der Waals surface area contributed by atoms with Gasteiger partial charge in [0.2, 0.25) is 5.95 Å². The maximum atomic E-state index is 13.1. The van der Waals surface area contributed by atoms with Gasteiger partial charge in [-0.15, -0.1) is 10.2 Å². The number of morpholine rings is 1. The fourth-order valence-electron chi connectivity index (χ4n) is 5.62. The maximum absolute atomic E-state index is 13.1. The summed E-state index contributed by atoms with van der Waals surface area (Å²) in [4.78, 5) is 5.10. The van der Waals surface area contributed by atoms with Crippen molar-refractivity contribution in [3.05, 3.63) is 28.3 Å². The van der Waals surface area contributed by atoms with Gasteiger partial charge in [-0.1, -0.05) is 6.07 Å². The second-order valence-electron chi connectivity index (χ2n) is 9.38. The number of aromatic amines is 1. The number of fused-ring (bicyclic) bond motifs is 2. The third-order valence-corrected chi connectivity index (χ3v) is 8.75. The number of aryl methyl sites for hydroxylation is 2. The topological polar surface area (TPSA) is 103 Å². The molecule has 2 fully saturated rings. The molecule has 2 saturated heterocycles. The molecular formula is C21H28N6O3S. The number of nitrogens with one attached hydrogen (secondary N) is 2. The van der Waals surface area contributed by atoms with E-state index in [0.29, 0.717) is 25.6 Å². The summed E-state index contributed by atoms with van der Waals surface area (Å²) >= 11 is 0. The van der Waals surface area contributed by atoms with Crippen LogP contribution in [0.1, 0.15) is 35.1 Å². The van der Waals surface area contributed by atoms with Crippen molar-refractivity contribution in [2.75, 3.05) is 45.2 Å². The monoisotopic (exact) mass is 444 g/mol. The number of anilines is 2. The van der Waals surface area contributed by atoms with Crippen molar-refractivity contribution in [1.82, 2.24) is 24.4 Å². The van der Waals surface area contributed by atoms with E-state index in [1.165, 1.54) is 26.6 Å². The predicted octanol–water partition coefficient (Wildman–Crippen LogP) is 1.23. The number of aromatic nitrogens is 3. The minimum absolute atomic E-state index is 0.113. The molecule has 0 radical (unpaired) electrons. The van der Waals surface area contributed by atoms with E-state index in [4.69, 9.17) is 4.74 Å². The van der Waals surface area contributed by atoms with Crippen LogP contribution in [0.15, 0.2) is 11.2 Å². The Morgan fingerprint density at radius 2 is 1.77 bits per heavy atom. The highest BCUT2D eigenvalue weighted by Gasteiger charge is 2.52. The Kier molecular flexibility index (Phi) is 4.44. The molecule has 2 aliphatic carbocycles. The minimum atomic E-state index is -3.72. The Morgan fingerprint density at radius 3 is 2.45 bits per heavy atom. The van der Waals surface area contributed by atoms with Crippen LogP contribution in [0.2, 0.25) is 0 Å². The van der Waals surface area contributed by atoms with Gasteiger partial charge in [0.15, 0.2) is 0 Å². The Balaban J connectivity index is 1.23. The summed E-state index contributed by atoms with van der Waals surface area (Å²) in [6.45, 7) is 2.95. The van der Waals surface area contributed by atoms with Gasteiger partial charge in [-0.3, -0.25) is 4.98 Å². The average molecular weight is 445 g/mol. The first-order chi connectivity index (χ1) is 14.9. The number of hydrogen-bond donors (Lipinski definition) is 2. The van der Waals surface area contributed by atoms with E-state index in [0.717, 1.165) is 57.3 Å². The number of hydrogen-bond acceptors (Lipinski definition) is 7. The largest absolute Gasteiger partial charge is 0.370 e. The van der Waals surface area contributed by atoms with Crippen LogP contribution < -0.4 is 5.32 Å². The molecule has 4 aliphatic rings. The Bertz CT molecular complexity index is 1110. The number of H-pyrrole nitrogens is 1. The molecule has 2 N–H and O–H groups in total. The van der Waals surface area contributed by atoms with Gasteiger partial charge in [0.1, 0.15) is 5.60 Å². The highest BCUT2D eigenvalue weighted by molar-refractivity contribution is 7.89. The smallest absolute Gasteiger partial charge is 0.278 e. The van der Waals surface area contributed by atoms with Gasteiger partial charge in [-0.25, -0.2) is 8.42 Å². The number of benzene rings is 1. The van der Waals surface area contributed by atoms with E-state index in [9.17, 15) is 8.42 Å². The Morgan fingerprint density at radius 1 is 1.06 bits per heavy atom. The van der Waals surface area contributed by atoms with Crippen LogP contribution in [-0.2, 0) is 40.4 Å². The second-order valence-corrected chi connectivity index (χ2v) is 11.2. The summed E-state index contributed by atoms with van der Waals surface area (Å²) in [5.41, 5.74) is 6.25. The highest BCUT2D eigenvalue weighted by atomic mass is 32.2. The average Bonchev–Trinajstić information content (AvgIpc) is 3.46. The molecular weight excluding hydrogens is 416 g/mol. The predicted molar refractivity (Wildman–Crippen MR) is 115 cm³/mol. The van der Waals surface area contributed by atoms with Crippen LogP contribution in [-0.4, -0.2) is 78.2 Å². The quantitative estimate of drug-likeness (QED) is 0.731. The molecule has 1 spiro atoms. The fraction of sp³-hybridized carbons (Fsp3) is 0.619. The molecule has 0 bridgehead atoms. The lowest BCUT2D eigenvalue weighted by Crippen LogP contribution is -2.70. The summed E-state index contributed by atoms with van der Waals surface area (Å²) in [6, 6.07) is 2.37. The zero-order valence-corrected chi connectivity index (χ0v) is 18.6. The molecule has 166 valence electrons. The van der Waals surface area contributed by atoms with Crippen LogP contribution in [0.3, 0.4) is 0 Å². The number of likely N-dealkylation sites (N-methyl/N-ethyl adjacent to an activating group) is 1. The first kappa shape index (κ1) is 19.7. The summed E-state index contributed by atoms with van der Waals surface area (Å²) in [5.74, 6) is 0.386. The molecule has 2 aliphatic heterocycles. The molecule has 0 atom stereocenters. The fourth-order valence-corrected chi connectivity index (χ4v) is 7.04. The first-order valence-electron chi connectivity index (χ1n) is 11.1. The van der Waals surface area contributed by atoms with E-state index < -0.39 is 15.6 Å². The summed E-state index contributed by atoms with van der Waals surface area (Å²) in [6.07, 6.45) is 6.65. The lowest BCUT2D eigenvalue weighted by Gasteiger charge is -2.52. The SMILES string of the molecule is CN1CCOC2(C1)CN(S(=O)(=O)c1nnc(Nc3c4c(cc5c3CCC5)CCC4)[nH]1)C2. The summed E-state index contributed by atoms with van der Waals surface area (Å²) < 4.78 is 33.4. The van der Waals surface area contributed by atoms with Gasteiger partial charge in [0.25, 0.3) is 15.2 Å². The van der Waals surface area contributed by atoms with Crippen molar-refractivity contribution < 1.29 is 13.2 Å². The first-order valence-corrected chi connectivity index (χ1v) is 12.6. The minimum Gasteiger partial charge on any atom is -0.370 e. The van der Waals surface area contributed by atoms with Crippen LogP contribution in [0.25, 0.3) is 0 Å². The van der Waals surface area contributed by atoms with Crippen LogP contribution in [0.5, 0.6) is 0 Å². The van der Waals surface area contributed by atoms with Gasteiger partial charge < -0.3 is 15.0 Å². The Labute approximate surface area is 182 Å². The van der Waals surface area contributed by atoms with Crippen molar-refractivity contribution in [1.29, 1.82) is 0 Å². The van der Waals surface area contributed by atoms with Crippen LogP contribution in [0, 0.1) is 0 Å². The standard InChI is InChI=1S/C21H28N6O3S/c1-26-8-9-30-21(11-26)12-27(13-21)31(28,29)20-23-19(24-25-20)22-18-16-6-2-4-14(16)10-15-5-3-7-17(15)18/h10H,2-9,11-13H2,1H3,(H2,22,23,24,25). The van der Waals surface area contributed by atoms with E-state index in [1.807, 2.05) is 7.05 Å². The number of sulfonamides is 1. The molecule has 0 saturated carbocycles. The molecule has 9 nitrogen and oxygen atoms in total. The van der Waals surface area contributed by atoms with Crippen LogP contribution >= 0.6 is 0 Å². The van der Waals surface area contributed by atoms with Crippen molar-refractivity contribution >= 4 is 21.7 Å². The lowest BCUT2D eigenvalue weighted by atomic mass is 9.95. The normalized spacial score (nSPS) is 23.0. The molecule has 1 aromatic heterocycles. The van der Waals surface area contributed by atoms with Gasteiger partial charge in [0, 0.05) is 31.9 Å². The molecule has 0 unspecified atom stereocenters. The van der Waals surface area contributed by atoms with Gasteiger partial charge in [-0.2, -0.15) is 4.31 Å². The molecule has 31 heavy (non-hydrogen) atoms. The second kappa shape index (κ2) is 6.99. The highest BCUT2D eigenvalue weighted by Crippen LogP contribution is 2.39. The number of nitrogens with zero attached hydrogens (tertiary/aromatic N) is 4. The third-order valence-electron chi connectivity index (χ3n) is 7.14. The van der Waals surface area contributed by atoms with Crippen molar-refractivity contribution in [3.63, 3.8) is 0 Å². The molecule has 0 amide bonds.